The maximum Gasteiger partial charge on any atom is 0.279 e. The van der Waals surface area contributed by atoms with Crippen molar-refractivity contribution in [1.29, 1.82) is 0 Å². The Morgan fingerprint density at radius 1 is 1.23 bits per heavy atom. The summed E-state index contributed by atoms with van der Waals surface area (Å²) in [4.78, 5) is 23.7. The Morgan fingerprint density at radius 2 is 1.96 bits per heavy atom. The molecule has 0 aromatic heterocycles. The lowest BCUT2D eigenvalue weighted by molar-refractivity contribution is -0.115. The van der Waals surface area contributed by atoms with Crippen molar-refractivity contribution in [1.82, 2.24) is 0 Å². The van der Waals surface area contributed by atoms with E-state index in [1.807, 2.05) is 0 Å². The molecule has 26 heavy (non-hydrogen) atoms. The van der Waals surface area contributed by atoms with Gasteiger partial charge in [-0.2, -0.15) is 5.11 Å². The average molecular weight is 351 g/mol. The molecule has 3 rings (SSSR count). The first-order valence-electron chi connectivity index (χ1n) is 7.83. The van der Waals surface area contributed by atoms with E-state index < -0.39 is 5.91 Å². The molecule has 0 radical (unpaired) electrons. The molecule has 0 spiro atoms. The van der Waals surface area contributed by atoms with Crippen LogP contribution in [0.15, 0.2) is 64.1 Å². The lowest BCUT2D eigenvalue weighted by Gasteiger charge is -2.06. The number of hydrogen-bond donors (Lipinski definition) is 4. The summed E-state index contributed by atoms with van der Waals surface area (Å²) in [5.41, 5.74) is 8.47. The topological polar surface area (TPSA) is 129 Å². The molecule has 1 aliphatic heterocycles. The number of hydrogen-bond acceptors (Lipinski definition) is 6. The second-order valence-electron chi connectivity index (χ2n) is 5.78. The van der Waals surface area contributed by atoms with E-state index in [0.29, 0.717) is 29.2 Å². The van der Waals surface area contributed by atoms with Crippen molar-refractivity contribution < 1.29 is 14.7 Å². The molecule has 132 valence electrons. The first-order chi connectivity index (χ1) is 12.4. The summed E-state index contributed by atoms with van der Waals surface area (Å²) in [7, 11) is 0. The van der Waals surface area contributed by atoms with Gasteiger partial charge in [-0.1, -0.05) is 6.07 Å². The highest BCUT2D eigenvalue weighted by Crippen LogP contribution is 2.28. The van der Waals surface area contributed by atoms with E-state index in [1.54, 1.807) is 42.5 Å². The summed E-state index contributed by atoms with van der Waals surface area (Å²) in [6.07, 6.45) is 0.331. The number of nitrogen functional groups attached to an aromatic ring is 1. The van der Waals surface area contributed by atoms with Crippen LogP contribution in [0.3, 0.4) is 0 Å². The fourth-order valence-corrected chi connectivity index (χ4v) is 2.41. The number of carbonyl (C=O) groups is 2. The first-order valence-corrected chi connectivity index (χ1v) is 7.83. The zero-order valence-electron chi connectivity index (χ0n) is 14.0. The summed E-state index contributed by atoms with van der Waals surface area (Å²) >= 11 is 0. The minimum atomic E-state index is -0.604. The third-order valence-electron chi connectivity index (χ3n) is 3.71. The third kappa shape index (κ3) is 3.86. The van der Waals surface area contributed by atoms with Crippen LogP contribution in [0.2, 0.25) is 0 Å². The Labute approximate surface area is 149 Å². The van der Waals surface area contributed by atoms with Crippen LogP contribution in [0, 0.1) is 0 Å². The summed E-state index contributed by atoms with van der Waals surface area (Å²) in [6.45, 7) is 1.35. The van der Waals surface area contributed by atoms with Crippen molar-refractivity contribution in [2.45, 2.75) is 13.3 Å². The molecule has 8 nitrogen and oxygen atoms in total. The fraction of sp³-hybridized carbons (Fsp3) is 0.111. The van der Waals surface area contributed by atoms with Crippen LogP contribution >= 0.6 is 0 Å². The molecule has 1 aliphatic rings. The number of benzene rings is 2. The van der Waals surface area contributed by atoms with Gasteiger partial charge in [-0.25, -0.2) is 0 Å². The van der Waals surface area contributed by atoms with Gasteiger partial charge in [0.2, 0.25) is 5.91 Å². The molecule has 0 aliphatic carbocycles. The van der Waals surface area contributed by atoms with Gasteiger partial charge in [-0.15, -0.1) is 5.11 Å². The Kier molecular flexibility index (Phi) is 4.66. The van der Waals surface area contributed by atoms with Gasteiger partial charge in [0.05, 0.1) is 12.1 Å². The van der Waals surface area contributed by atoms with Crippen LogP contribution in [0.25, 0.3) is 0 Å². The predicted molar refractivity (Wildman–Crippen MR) is 98.1 cm³/mol. The molecule has 2 aromatic carbocycles. The van der Waals surface area contributed by atoms with Crippen molar-refractivity contribution in [3.05, 3.63) is 59.5 Å². The van der Waals surface area contributed by atoms with E-state index in [1.165, 1.54) is 6.92 Å². The summed E-state index contributed by atoms with van der Waals surface area (Å²) in [5, 5.41) is 22.9. The van der Waals surface area contributed by atoms with Gasteiger partial charge in [0.1, 0.15) is 5.76 Å². The number of azo groups is 1. The number of amides is 2. The maximum atomic E-state index is 12.3. The number of nitrogens with two attached hydrogens (primary N) is 1. The second-order valence-corrected chi connectivity index (χ2v) is 5.78. The number of carbonyl (C=O) groups excluding carboxylic acids is 2. The van der Waals surface area contributed by atoms with Gasteiger partial charge in [-0.3, -0.25) is 9.59 Å². The van der Waals surface area contributed by atoms with E-state index in [4.69, 9.17) is 5.73 Å². The van der Waals surface area contributed by atoms with Crippen LogP contribution < -0.4 is 16.4 Å². The Bertz CT molecular complexity index is 928. The number of aliphatic hydroxyl groups excluding tert-OH is 1. The number of anilines is 3. The lowest BCUT2D eigenvalue weighted by Crippen LogP contribution is -2.14. The van der Waals surface area contributed by atoms with Crippen molar-refractivity contribution in [2.75, 3.05) is 16.4 Å². The largest absolute Gasteiger partial charge is 0.510 e. The molecule has 5 N–H and O–H groups in total. The highest BCUT2D eigenvalue weighted by atomic mass is 16.3. The van der Waals surface area contributed by atoms with E-state index in [9.17, 15) is 14.7 Å². The Morgan fingerprint density at radius 3 is 2.65 bits per heavy atom. The Balaban J connectivity index is 1.77. The van der Waals surface area contributed by atoms with Gasteiger partial charge in [0.25, 0.3) is 5.91 Å². The highest BCUT2D eigenvalue weighted by Gasteiger charge is 2.18. The SMILES string of the molecule is CC(O)=C(N=Nc1ccc2c(c1)NC(=O)C2)C(=O)Nc1ccc(N)cc1. The fourth-order valence-electron chi connectivity index (χ4n) is 2.41. The average Bonchev–Trinajstić information content (AvgIpc) is 2.96. The van der Waals surface area contributed by atoms with E-state index in [2.05, 4.69) is 20.9 Å². The van der Waals surface area contributed by atoms with E-state index in [0.717, 1.165) is 5.56 Å². The smallest absolute Gasteiger partial charge is 0.279 e. The quantitative estimate of drug-likeness (QED) is 0.291. The second kappa shape index (κ2) is 7.06. The molecule has 0 unspecified atom stereocenters. The van der Waals surface area contributed by atoms with Gasteiger partial charge in [0, 0.05) is 17.1 Å². The molecule has 0 atom stereocenters. The first kappa shape index (κ1) is 17.2. The number of rotatable bonds is 4. The molecular formula is C18H17N5O3. The van der Waals surface area contributed by atoms with Crippen molar-refractivity contribution in [3.8, 4) is 0 Å². The molecule has 2 aromatic rings. The Hall–Kier alpha value is -3.68. The number of nitrogens with zero attached hydrogens (tertiary/aromatic N) is 2. The minimum Gasteiger partial charge on any atom is -0.510 e. The van der Waals surface area contributed by atoms with Gasteiger partial charge in [0.15, 0.2) is 5.70 Å². The predicted octanol–water partition coefficient (Wildman–Crippen LogP) is 3.28. The molecule has 1 heterocycles. The number of fused-ring (bicyclic) bond motifs is 1. The number of nitrogens with one attached hydrogen (secondary N) is 2. The van der Waals surface area contributed by atoms with Crippen LogP contribution in [-0.2, 0) is 16.0 Å². The van der Waals surface area contributed by atoms with E-state index in [-0.39, 0.29) is 17.4 Å². The lowest BCUT2D eigenvalue weighted by atomic mass is 10.1. The summed E-state index contributed by atoms with van der Waals surface area (Å²) < 4.78 is 0. The van der Waals surface area contributed by atoms with Crippen LogP contribution in [0.1, 0.15) is 12.5 Å². The summed E-state index contributed by atoms with van der Waals surface area (Å²) in [6, 6.07) is 11.7. The molecule has 0 bridgehead atoms. The van der Waals surface area contributed by atoms with Crippen molar-refractivity contribution >= 4 is 34.6 Å². The molecule has 0 saturated heterocycles. The molecule has 8 heteroatoms. The zero-order chi connectivity index (χ0) is 18.7. The van der Waals surface area contributed by atoms with Gasteiger partial charge in [-0.05, 0) is 48.9 Å². The number of aliphatic hydroxyl groups is 1. The maximum absolute atomic E-state index is 12.3. The van der Waals surface area contributed by atoms with Crippen LogP contribution in [0.4, 0.5) is 22.7 Å². The molecular weight excluding hydrogens is 334 g/mol. The number of allylic oxidation sites excluding steroid dienone is 1. The van der Waals surface area contributed by atoms with Crippen molar-refractivity contribution in [3.63, 3.8) is 0 Å². The van der Waals surface area contributed by atoms with Gasteiger partial charge < -0.3 is 21.5 Å². The van der Waals surface area contributed by atoms with Crippen LogP contribution in [0.5, 0.6) is 0 Å². The zero-order valence-corrected chi connectivity index (χ0v) is 14.0. The molecule has 2 amide bonds. The molecule has 0 saturated carbocycles. The van der Waals surface area contributed by atoms with Crippen LogP contribution in [-0.4, -0.2) is 16.9 Å². The standard InChI is InChI=1S/C18H17N5O3/c1-10(24)17(18(26)20-13-6-3-12(19)4-7-13)23-22-14-5-2-11-8-16(25)21-15(11)9-14/h2-7,9,24H,8,19H2,1H3,(H,20,26)(H,21,25). The highest BCUT2D eigenvalue weighted by molar-refractivity contribution is 6.03. The minimum absolute atomic E-state index is 0.0799. The normalized spacial score (nSPS) is 14.0. The monoisotopic (exact) mass is 351 g/mol. The van der Waals surface area contributed by atoms with E-state index >= 15 is 0 Å². The summed E-state index contributed by atoms with van der Waals surface area (Å²) in [5.74, 6) is -0.951. The van der Waals surface area contributed by atoms with Gasteiger partial charge >= 0.3 is 0 Å². The third-order valence-corrected chi connectivity index (χ3v) is 3.71. The van der Waals surface area contributed by atoms with Crippen molar-refractivity contribution in [2.24, 2.45) is 10.2 Å². The molecule has 0 fully saturated rings.